The van der Waals surface area contributed by atoms with E-state index in [9.17, 15) is 0 Å². The molecule has 0 aromatic carbocycles. The second-order valence-electron chi connectivity index (χ2n) is 1.11. The van der Waals surface area contributed by atoms with Crippen LogP contribution in [0.5, 0.6) is 0 Å². The van der Waals surface area contributed by atoms with Crippen LogP contribution in [0.3, 0.4) is 0 Å². The fourth-order valence-corrected chi connectivity index (χ4v) is 0.953. The lowest BCUT2D eigenvalue weighted by atomic mass is 10.9. The van der Waals surface area contributed by atoms with E-state index >= 15 is 0 Å². The largest absolute Gasteiger partial charge is 0.413 e. The molecule has 1 nitrogen and oxygen atoms in total. The molecule has 0 fully saturated rings. The van der Waals surface area contributed by atoms with Gasteiger partial charge in [-0.15, -0.1) is 0 Å². The zero-order valence-electron chi connectivity index (χ0n) is 4.25. The lowest BCUT2D eigenvalue weighted by Gasteiger charge is -2.08. The van der Waals surface area contributed by atoms with Crippen molar-refractivity contribution in [3.8, 4) is 0 Å². The van der Waals surface area contributed by atoms with Crippen molar-refractivity contribution >= 4 is 44.6 Å². The Kier molecular flexibility index (Phi) is 4.48. The summed E-state index contributed by atoms with van der Waals surface area (Å²) in [7, 11) is 0.378. The van der Waals surface area contributed by atoms with Crippen LogP contribution in [-0.2, 0) is 4.43 Å². The Balaban J connectivity index is 3.11. The first-order valence-electron chi connectivity index (χ1n) is 1.91. The Bertz CT molecular complexity index is 62.0. The maximum Gasteiger partial charge on any atom is 0.226 e. The van der Waals surface area contributed by atoms with E-state index in [0.717, 1.165) is 0 Å². The van der Waals surface area contributed by atoms with Gasteiger partial charge in [0.05, 0.1) is 6.61 Å². The number of rotatable bonds is 2. The van der Waals surface area contributed by atoms with Crippen molar-refractivity contribution in [2.24, 2.45) is 0 Å². The highest BCUT2D eigenvalue weighted by molar-refractivity contribution is 6.67. The average molecular weight is 192 g/mol. The summed E-state index contributed by atoms with van der Waals surface area (Å²) in [6.45, 7) is 2.04. The third kappa shape index (κ3) is 7.05. The van der Waals surface area contributed by atoms with Crippen LogP contribution < -0.4 is 0 Å². The van der Waals surface area contributed by atoms with Gasteiger partial charge in [0.2, 0.25) is 13.6 Å². The van der Waals surface area contributed by atoms with Gasteiger partial charge in [-0.1, -0.05) is 34.8 Å². The van der Waals surface area contributed by atoms with Gasteiger partial charge >= 0.3 is 0 Å². The Morgan fingerprint density at radius 3 is 2.12 bits per heavy atom. The van der Waals surface area contributed by atoms with Crippen LogP contribution in [-0.4, -0.2) is 20.2 Å². The molecule has 0 aromatic heterocycles. The van der Waals surface area contributed by atoms with Crippen molar-refractivity contribution in [2.75, 3.05) is 6.61 Å². The first-order chi connectivity index (χ1) is 3.56. The predicted octanol–water partition coefficient (Wildman–Crippen LogP) is 2.04. The molecule has 2 radical (unpaired) electrons. The highest BCUT2D eigenvalue weighted by Crippen LogP contribution is 2.25. The molecule has 0 aliphatic rings. The molecule has 0 rings (SSSR count). The molecular weight excluding hydrogens is 186 g/mol. The summed E-state index contributed by atoms with van der Waals surface area (Å²) in [6.07, 6.45) is 0. The molecule has 0 spiro atoms. The SMILES string of the molecule is C[Si]OCC(Cl)(Cl)Cl. The first kappa shape index (κ1) is 9.05. The van der Waals surface area contributed by atoms with Gasteiger partial charge in [0.25, 0.3) is 0 Å². The van der Waals surface area contributed by atoms with Crippen LogP contribution in [0.25, 0.3) is 0 Å². The van der Waals surface area contributed by atoms with E-state index in [4.69, 9.17) is 39.2 Å². The fraction of sp³-hybridized carbons (Fsp3) is 1.00. The van der Waals surface area contributed by atoms with E-state index in [1.807, 2.05) is 6.55 Å². The lowest BCUT2D eigenvalue weighted by molar-refractivity contribution is 0.348. The maximum atomic E-state index is 5.32. The number of halogens is 3. The van der Waals surface area contributed by atoms with Gasteiger partial charge in [0.15, 0.2) is 0 Å². The molecule has 8 heavy (non-hydrogen) atoms. The zero-order valence-corrected chi connectivity index (χ0v) is 7.52. The molecular formula is C3H5Cl3OSi. The van der Waals surface area contributed by atoms with Gasteiger partial charge < -0.3 is 4.43 Å². The van der Waals surface area contributed by atoms with Crippen LogP contribution in [0, 0.1) is 0 Å². The highest BCUT2D eigenvalue weighted by Gasteiger charge is 2.18. The third-order valence-corrected chi connectivity index (χ3v) is 1.14. The minimum atomic E-state index is -1.25. The second-order valence-corrected chi connectivity index (χ2v) is 4.32. The van der Waals surface area contributed by atoms with Crippen molar-refractivity contribution in [2.45, 2.75) is 10.3 Å². The fourth-order valence-electron chi connectivity index (χ4n) is 0.154. The summed E-state index contributed by atoms with van der Waals surface area (Å²) >= 11 is 16.0. The molecule has 0 saturated heterocycles. The minimum absolute atomic E-state index is 0.173. The Morgan fingerprint density at radius 2 is 2.00 bits per heavy atom. The molecule has 5 heteroatoms. The van der Waals surface area contributed by atoms with Gasteiger partial charge in [-0.05, 0) is 6.55 Å². The monoisotopic (exact) mass is 190 g/mol. The second kappa shape index (κ2) is 3.96. The van der Waals surface area contributed by atoms with Crippen LogP contribution in [0.2, 0.25) is 6.55 Å². The van der Waals surface area contributed by atoms with Gasteiger partial charge in [-0.25, -0.2) is 0 Å². The van der Waals surface area contributed by atoms with Crippen LogP contribution in [0.1, 0.15) is 0 Å². The predicted molar refractivity (Wildman–Crippen MR) is 37.9 cm³/mol. The number of hydrogen-bond donors (Lipinski definition) is 0. The van der Waals surface area contributed by atoms with E-state index in [-0.39, 0.29) is 6.61 Å². The number of alkyl halides is 3. The molecule has 0 heterocycles. The van der Waals surface area contributed by atoms with Gasteiger partial charge in [0, 0.05) is 0 Å². The van der Waals surface area contributed by atoms with Crippen molar-refractivity contribution in [1.29, 1.82) is 0 Å². The Labute approximate surface area is 66.2 Å². The first-order valence-corrected chi connectivity index (χ1v) is 4.46. The molecule has 0 N–H and O–H groups in total. The van der Waals surface area contributed by atoms with E-state index in [2.05, 4.69) is 0 Å². The van der Waals surface area contributed by atoms with Crippen molar-refractivity contribution < 1.29 is 4.43 Å². The average Bonchev–Trinajstić information content (AvgIpc) is 1.59. The molecule has 0 atom stereocenters. The van der Waals surface area contributed by atoms with E-state index < -0.39 is 3.79 Å². The molecule has 0 saturated carbocycles. The van der Waals surface area contributed by atoms with Crippen molar-refractivity contribution in [3.63, 3.8) is 0 Å². The number of hydrogen-bond acceptors (Lipinski definition) is 1. The third-order valence-electron chi connectivity index (χ3n) is 0.380. The summed E-state index contributed by atoms with van der Waals surface area (Å²) < 4.78 is 3.58. The quantitative estimate of drug-likeness (QED) is 0.479. The maximum absolute atomic E-state index is 5.32. The summed E-state index contributed by atoms with van der Waals surface area (Å²) in [5, 5.41) is 0. The molecule has 48 valence electrons. The van der Waals surface area contributed by atoms with Crippen LogP contribution in [0.15, 0.2) is 0 Å². The van der Waals surface area contributed by atoms with Gasteiger partial charge in [-0.3, -0.25) is 0 Å². The molecule has 0 aliphatic heterocycles. The normalized spacial score (nSPS) is 12.0. The van der Waals surface area contributed by atoms with E-state index in [1.54, 1.807) is 0 Å². The van der Waals surface area contributed by atoms with Gasteiger partial charge in [0.1, 0.15) is 0 Å². The summed E-state index contributed by atoms with van der Waals surface area (Å²) in [5.74, 6) is 0. The summed E-state index contributed by atoms with van der Waals surface area (Å²) in [5.41, 5.74) is 0. The van der Waals surface area contributed by atoms with E-state index in [1.165, 1.54) is 0 Å². The van der Waals surface area contributed by atoms with E-state index in [0.29, 0.717) is 9.76 Å². The highest BCUT2D eigenvalue weighted by atomic mass is 35.6. The van der Waals surface area contributed by atoms with Crippen LogP contribution in [0.4, 0.5) is 0 Å². The lowest BCUT2D eigenvalue weighted by Crippen LogP contribution is -2.13. The smallest absolute Gasteiger partial charge is 0.226 e. The molecule has 0 amide bonds. The van der Waals surface area contributed by atoms with Crippen molar-refractivity contribution in [1.82, 2.24) is 0 Å². The summed E-state index contributed by atoms with van der Waals surface area (Å²) in [4.78, 5) is 0. The van der Waals surface area contributed by atoms with Crippen molar-refractivity contribution in [3.05, 3.63) is 0 Å². The zero-order chi connectivity index (χ0) is 6.62. The topological polar surface area (TPSA) is 9.23 Å². The Morgan fingerprint density at radius 1 is 1.50 bits per heavy atom. The molecule has 0 aliphatic carbocycles. The standard InChI is InChI=1S/C3H5Cl3OSi/c1-8-7-2-3(4,5)6/h2H2,1H3. The van der Waals surface area contributed by atoms with Crippen LogP contribution >= 0.6 is 34.8 Å². The molecule has 0 unspecified atom stereocenters. The van der Waals surface area contributed by atoms with Gasteiger partial charge in [-0.2, -0.15) is 0 Å². The Hall–Kier alpha value is 1.05. The molecule has 0 aromatic rings. The summed E-state index contributed by atoms with van der Waals surface area (Å²) in [6, 6.07) is 0. The molecule has 0 bridgehead atoms. The minimum Gasteiger partial charge on any atom is -0.413 e.